The summed E-state index contributed by atoms with van der Waals surface area (Å²) in [5.41, 5.74) is 1.12. The van der Waals surface area contributed by atoms with Crippen molar-refractivity contribution < 1.29 is 4.52 Å². The van der Waals surface area contributed by atoms with Gasteiger partial charge >= 0.3 is 0 Å². The van der Waals surface area contributed by atoms with Crippen molar-refractivity contribution in [2.75, 3.05) is 5.32 Å². The highest BCUT2D eigenvalue weighted by Gasteiger charge is 1.97. The van der Waals surface area contributed by atoms with Crippen LogP contribution in [0.2, 0.25) is 0 Å². The van der Waals surface area contributed by atoms with E-state index in [1.54, 1.807) is 10.7 Å². The summed E-state index contributed by atoms with van der Waals surface area (Å²) in [6, 6.07) is 1.77. The first-order chi connectivity index (χ1) is 6.34. The number of nitrogens with zero attached hydrogens (tertiary/aromatic N) is 3. The summed E-state index contributed by atoms with van der Waals surface area (Å²) >= 11 is 0. The molecule has 0 bridgehead atoms. The molecule has 0 radical (unpaired) electrons. The maximum Gasteiger partial charge on any atom is 0.169 e. The lowest BCUT2D eigenvalue weighted by Crippen LogP contribution is -1.98. The third-order valence-corrected chi connectivity index (χ3v) is 1.67. The fourth-order valence-corrected chi connectivity index (χ4v) is 1.06. The normalized spacial score (nSPS) is 10.2. The molecule has 2 aromatic heterocycles. The SMILES string of the molecule is Cn1cc(CNc2ccon2)cn1. The van der Waals surface area contributed by atoms with E-state index in [0.717, 1.165) is 11.4 Å². The number of anilines is 1. The van der Waals surface area contributed by atoms with Crippen LogP contribution in [0.25, 0.3) is 0 Å². The molecular formula is C8H10N4O. The average Bonchev–Trinajstić information content (AvgIpc) is 2.71. The molecule has 0 aliphatic heterocycles. The van der Waals surface area contributed by atoms with Crippen LogP contribution in [0.3, 0.4) is 0 Å². The third-order valence-electron chi connectivity index (χ3n) is 1.67. The van der Waals surface area contributed by atoms with Gasteiger partial charge < -0.3 is 9.84 Å². The second-order valence-corrected chi connectivity index (χ2v) is 2.76. The smallest absolute Gasteiger partial charge is 0.169 e. The molecule has 0 amide bonds. The molecule has 0 atom stereocenters. The van der Waals surface area contributed by atoms with Crippen LogP contribution in [0.15, 0.2) is 29.2 Å². The minimum Gasteiger partial charge on any atom is -0.363 e. The van der Waals surface area contributed by atoms with Gasteiger partial charge in [0.05, 0.1) is 6.20 Å². The van der Waals surface area contributed by atoms with Crippen LogP contribution >= 0.6 is 0 Å². The first-order valence-electron chi connectivity index (χ1n) is 3.96. The summed E-state index contributed by atoms with van der Waals surface area (Å²) in [7, 11) is 1.89. The molecule has 0 saturated carbocycles. The van der Waals surface area contributed by atoms with Crippen molar-refractivity contribution in [2.24, 2.45) is 7.05 Å². The van der Waals surface area contributed by atoms with Crippen molar-refractivity contribution in [3.8, 4) is 0 Å². The van der Waals surface area contributed by atoms with Crippen molar-refractivity contribution in [1.82, 2.24) is 14.9 Å². The van der Waals surface area contributed by atoms with Crippen LogP contribution in [0.4, 0.5) is 5.82 Å². The van der Waals surface area contributed by atoms with Gasteiger partial charge in [0.1, 0.15) is 6.26 Å². The van der Waals surface area contributed by atoms with E-state index in [-0.39, 0.29) is 0 Å². The first kappa shape index (κ1) is 7.85. The Labute approximate surface area is 75.3 Å². The predicted molar refractivity (Wildman–Crippen MR) is 47.0 cm³/mol. The molecule has 1 N–H and O–H groups in total. The van der Waals surface area contributed by atoms with Crippen LogP contribution in [0.5, 0.6) is 0 Å². The van der Waals surface area contributed by atoms with Crippen molar-refractivity contribution >= 4 is 5.82 Å². The second kappa shape index (κ2) is 3.30. The molecule has 0 aliphatic rings. The summed E-state index contributed by atoms with van der Waals surface area (Å²) in [6.07, 6.45) is 5.30. The standard InChI is InChI=1S/C8H10N4O/c1-12-6-7(5-10-12)4-9-8-2-3-13-11-8/h2-3,5-6H,4H2,1H3,(H,9,11). The van der Waals surface area contributed by atoms with E-state index in [4.69, 9.17) is 0 Å². The fourth-order valence-electron chi connectivity index (χ4n) is 1.06. The van der Waals surface area contributed by atoms with Gasteiger partial charge in [0.2, 0.25) is 0 Å². The molecule has 2 rings (SSSR count). The van der Waals surface area contributed by atoms with E-state index < -0.39 is 0 Å². The molecule has 5 heteroatoms. The van der Waals surface area contributed by atoms with Crippen molar-refractivity contribution in [3.63, 3.8) is 0 Å². The minimum atomic E-state index is 0.709. The quantitative estimate of drug-likeness (QED) is 0.762. The molecule has 0 aliphatic carbocycles. The van der Waals surface area contributed by atoms with Crippen LogP contribution in [-0.2, 0) is 13.6 Å². The van der Waals surface area contributed by atoms with E-state index in [1.165, 1.54) is 6.26 Å². The van der Waals surface area contributed by atoms with Gasteiger partial charge in [-0.05, 0) is 0 Å². The minimum absolute atomic E-state index is 0.709. The largest absolute Gasteiger partial charge is 0.363 e. The van der Waals surface area contributed by atoms with Crippen LogP contribution in [0, 0.1) is 0 Å². The van der Waals surface area contributed by atoms with Crippen LogP contribution in [-0.4, -0.2) is 14.9 Å². The Morgan fingerprint density at radius 3 is 3.15 bits per heavy atom. The highest BCUT2D eigenvalue weighted by molar-refractivity contribution is 5.31. The van der Waals surface area contributed by atoms with E-state index in [1.807, 2.05) is 19.4 Å². The van der Waals surface area contributed by atoms with Gasteiger partial charge in [0.25, 0.3) is 0 Å². The van der Waals surface area contributed by atoms with Crippen molar-refractivity contribution in [2.45, 2.75) is 6.54 Å². The summed E-state index contributed by atoms with van der Waals surface area (Å²) in [6.45, 7) is 0.709. The van der Waals surface area contributed by atoms with E-state index in [2.05, 4.69) is 20.1 Å². The zero-order valence-corrected chi connectivity index (χ0v) is 7.27. The second-order valence-electron chi connectivity index (χ2n) is 2.76. The molecule has 2 aromatic rings. The zero-order valence-electron chi connectivity index (χ0n) is 7.27. The molecule has 0 aromatic carbocycles. The molecule has 13 heavy (non-hydrogen) atoms. The summed E-state index contributed by atoms with van der Waals surface area (Å²) in [5, 5.41) is 10.9. The monoisotopic (exact) mass is 178 g/mol. The molecule has 0 unspecified atom stereocenters. The first-order valence-corrected chi connectivity index (χ1v) is 3.96. The lowest BCUT2D eigenvalue weighted by molar-refractivity contribution is 0.422. The van der Waals surface area contributed by atoms with Gasteiger partial charge in [-0.25, -0.2) is 0 Å². The van der Waals surface area contributed by atoms with Gasteiger partial charge in [-0.2, -0.15) is 5.10 Å². The molecule has 0 spiro atoms. The van der Waals surface area contributed by atoms with Crippen LogP contribution in [0.1, 0.15) is 5.56 Å². The Morgan fingerprint density at radius 1 is 1.62 bits per heavy atom. The van der Waals surface area contributed by atoms with Crippen molar-refractivity contribution in [1.29, 1.82) is 0 Å². The molecule has 0 fully saturated rings. The highest BCUT2D eigenvalue weighted by Crippen LogP contribution is 2.04. The van der Waals surface area contributed by atoms with Gasteiger partial charge in [-0.1, -0.05) is 5.16 Å². The Hall–Kier alpha value is -1.78. The number of nitrogens with one attached hydrogen (secondary N) is 1. The van der Waals surface area contributed by atoms with Crippen LogP contribution < -0.4 is 5.32 Å². The Morgan fingerprint density at radius 2 is 2.54 bits per heavy atom. The van der Waals surface area contributed by atoms with Crippen molar-refractivity contribution in [3.05, 3.63) is 30.3 Å². The molecular weight excluding hydrogens is 168 g/mol. The zero-order chi connectivity index (χ0) is 9.10. The molecule has 0 saturated heterocycles. The van der Waals surface area contributed by atoms with Gasteiger partial charge in [0.15, 0.2) is 5.82 Å². The topological polar surface area (TPSA) is 55.9 Å². The third kappa shape index (κ3) is 1.87. The maximum absolute atomic E-state index is 4.67. The van der Waals surface area contributed by atoms with Gasteiger partial charge in [-0.3, -0.25) is 4.68 Å². The molecule has 68 valence electrons. The summed E-state index contributed by atoms with van der Waals surface area (Å²) in [5.74, 6) is 0.740. The fraction of sp³-hybridized carbons (Fsp3) is 0.250. The average molecular weight is 178 g/mol. The van der Waals surface area contributed by atoms with E-state index in [9.17, 15) is 0 Å². The Bertz CT molecular complexity index is 365. The highest BCUT2D eigenvalue weighted by atomic mass is 16.5. The van der Waals surface area contributed by atoms with E-state index >= 15 is 0 Å². The van der Waals surface area contributed by atoms with Gasteiger partial charge in [0, 0.05) is 31.4 Å². The molecule has 5 nitrogen and oxygen atoms in total. The van der Waals surface area contributed by atoms with E-state index in [0.29, 0.717) is 6.54 Å². The lowest BCUT2D eigenvalue weighted by Gasteiger charge is -1.97. The molecule has 2 heterocycles. The van der Waals surface area contributed by atoms with Gasteiger partial charge in [-0.15, -0.1) is 0 Å². The number of hydrogen-bond acceptors (Lipinski definition) is 4. The number of aromatic nitrogens is 3. The lowest BCUT2D eigenvalue weighted by atomic mass is 10.3. The number of aryl methyl sites for hydroxylation is 1. The Balaban J connectivity index is 1.93. The number of hydrogen-bond donors (Lipinski definition) is 1. The Kier molecular flexibility index (Phi) is 1.99. The number of rotatable bonds is 3. The predicted octanol–water partition coefficient (Wildman–Crippen LogP) is 1.02. The summed E-state index contributed by atoms with van der Waals surface area (Å²) in [4.78, 5) is 0. The maximum atomic E-state index is 4.67. The summed E-state index contributed by atoms with van der Waals surface area (Å²) < 4.78 is 6.44.